The van der Waals surface area contributed by atoms with Crippen LogP contribution in [0.15, 0.2) is 40.9 Å². The van der Waals surface area contributed by atoms with E-state index in [0.29, 0.717) is 16.0 Å². The van der Waals surface area contributed by atoms with Gasteiger partial charge in [-0.15, -0.1) is 0 Å². The number of halogens is 3. The van der Waals surface area contributed by atoms with Gasteiger partial charge in [-0.25, -0.2) is 9.97 Å². The Labute approximate surface area is 134 Å². The number of nitrogens with zero attached hydrogens (tertiary/aromatic N) is 2. The Kier molecular flexibility index (Phi) is 3.67. The summed E-state index contributed by atoms with van der Waals surface area (Å²) < 4.78 is 0.918. The fourth-order valence-electron chi connectivity index (χ4n) is 2.09. The standard InChI is InChI=1S/C15H9BrCl2N2/c1-8-3-2-4-12-13(8)14(18)20-15(19-12)10-7-9(16)5-6-11(10)17/h2-7H,1H3. The molecule has 0 saturated heterocycles. The van der Waals surface area contributed by atoms with Gasteiger partial charge >= 0.3 is 0 Å². The van der Waals surface area contributed by atoms with Crippen molar-refractivity contribution in [3.8, 4) is 11.4 Å². The van der Waals surface area contributed by atoms with E-state index in [1.165, 1.54) is 0 Å². The fourth-order valence-corrected chi connectivity index (χ4v) is 2.98. The van der Waals surface area contributed by atoms with Gasteiger partial charge in [-0.05, 0) is 36.8 Å². The van der Waals surface area contributed by atoms with Crippen LogP contribution in [0.1, 0.15) is 5.56 Å². The highest BCUT2D eigenvalue weighted by molar-refractivity contribution is 9.10. The molecule has 3 rings (SSSR count). The molecule has 0 atom stereocenters. The zero-order chi connectivity index (χ0) is 14.3. The molecule has 2 aromatic carbocycles. The van der Waals surface area contributed by atoms with Crippen LogP contribution in [0.25, 0.3) is 22.3 Å². The van der Waals surface area contributed by atoms with E-state index < -0.39 is 0 Å². The number of rotatable bonds is 1. The summed E-state index contributed by atoms with van der Waals surface area (Å²) in [6, 6.07) is 11.4. The number of fused-ring (bicyclic) bond motifs is 1. The minimum Gasteiger partial charge on any atom is -0.228 e. The maximum absolute atomic E-state index is 6.30. The lowest BCUT2D eigenvalue weighted by Gasteiger charge is -2.08. The third kappa shape index (κ3) is 2.41. The van der Waals surface area contributed by atoms with Crippen molar-refractivity contribution in [1.29, 1.82) is 0 Å². The third-order valence-electron chi connectivity index (χ3n) is 3.06. The molecule has 0 aliphatic carbocycles. The van der Waals surface area contributed by atoms with Crippen LogP contribution < -0.4 is 0 Å². The van der Waals surface area contributed by atoms with Crippen LogP contribution >= 0.6 is 39.1 Å². The number of aromatic nitrogens is 2. The van der Waals surface area contributed by atoms with Gasteiger partial charge in [-0.1, -0.05) is 51.3 Å². The van der Waals surface area contributed by atoms with Gasteiger partial charge in [0, 0.05) is 15.4 Å². The SMILES string of the molecule is Cc1cccc2nc(-c3cc(Br)ccc3Cl)nc(Cl)c12. The molecule has 0 amide bonds. The first-order valence-electron chi connectivity index (χ1n) is 5.94. The molecule has 0 aliphatic heterocycles. The minimum atomic E-state index is 0.444. The molecule has 0 spiro atoms. The number of benzene rings is 2. The molecule has 5 heteroatoms. The molecule has 2 nitrogen and oxygen atoms in total. The van der Waals surface area contributed by atoms with E-state index in [1.54, 1.807) is 6.07 Å². The monoisotopic (exact) mass is 366 g/mol. The lowest BCUT2D eigenvalue weighted by atomic mass is 10.1. The first-order chi connectivity index (χ1) is 9.56. The smallest absolute Gasteiger partial charge is 0.163 e. The molecule has 0 fully saturated rings. The molecular weight excluding hydrogens is 359 g/mol. The molecule has 0 N–H and O–H groups in total. The fraction of sp³-hybridized carbons (Fsp3) is 0.0667. The quantitative estimate of drug-likeness (QED) is 0.517. The Morgan fingerprint density at radius 3 is 2.65 bits per heavy atom. The van der Waals surface area contributed by atoms with Gasteiger partial charge in [0.1, 0.15) is 5.15 Å². The molecule has 0 aliphatic rings. The van der Waals surface area contributed by atoms with Crippen molar-refractivity contribution in [1.82, 2.24) is 9.97 Å². The van der Waals surface area contributed by atoms with Crippen LogP contribution in [0, 0.1) is 6.92 Å². The van der Waals surface area contributed by atoms with Crippen molar-refractivity contribution < 1.29 is 0 Å². The van der Waals surface area contributed by atoms with Crippen LogP contribution in [-0.2, 0) is 0 Å². The van der Waals surface area contributed by atoms with Gasteiger partial charge in [0.05, 0.1) is 10.5 Å². The average molecular weight is 368 g/mol. The molecule has 1 heterocycles. The van der Waals surface area contributed by atoms with Crippen molar-refractivity contribution >= 4 is 50.0 Å². The van der Waals surface area contributed by atoms with Crippen molar-refractivity contribution in [2.45, 2.75) is 6.92 Å². The second-order valence-electron chi connectivity index (χ2n) is 4.43. The molecule has 0 bridgehead atoms. The van der Waals surface area contributed by atoms with E-state index in [1.807, 2.05) is 37.3 Å². The van der Waals surface area contributed by atoms with Crippen LogP contribution in [0.5, 0.6) is 0 Å². The van der Waals surface area contributed by atoms with E-state index in [4.69, 9.17) is 23.2 Å². The molecule has 100 valence electrons. The van der Waals surface area contributed by atoms with Crippen LogP contribution in [0.3, 0.4) is 0 Å². The summed E-state index contributed by atoms with van der Waals surface area (Å²) >= 11 is 16.0. The maximum atomic E-state index is 6.30. The summed E-state index contributed by atoms with van der Waals surface area (Å²) in [6.45, 7) is 1.99. The van der Waals surface area contributed by atoms with Gasteiger partial charge in [0.15, 0.2) is 5.82 Å². The van der Waals surface area contributed by atoms with Crippen molar-refractivity contribution in [2.75, 3.05) is 0 Å². The molecule has 0 radical (unpaired) electrons. The van der Waals surface area contributed by atoms with E-state index in [2.05, 4.69) is 25.9 Å². The van der Waals surface area contributed by atoms with E-state index >= 15 is 0 Å². The van der Waals surface area contributed by atoms with Gasteiger partial charge in [0.2, 0.25) is 0 Å². The second kappa shape index (κ2) is 5.32. The first-order valence-corrected chi connectivity index (χ1v) is 7.49. The van der Waals surface area contributed by atoms with E-state index in [0.717, 1.165) is 26.5 Å². The van der Waals surface area contributed by atoms with Gasteiger partial charge in [0.25, 0.3) is 0 Å². The lowest BCUT2D eigenvalue weighted by molar-refractivity contribution is 1.22. The van der Waals surface area contributed by atoms with E-state index in [-0.39, 0.29) is 0 Å². The number of hydrogen-bond donors (Lipinski definition) is 0. The summed E-state index contributed by atoms with van der Waals surface area (Å²) in [6.07, 6.45) is 0. The van der Waals surface area contributed by atoms with E-state index in [9.17, 15) is 0 Å². The Morgan fingerprint density at radius 1 is 1.05 bits per heavy atom. The lowest BCUT2D eigenvalue weighted by Crippen LogP contribution is -1.94. The number of aryl methyl sites for hydroxylation is 1. The topological polar surface area (TPSA) is 25.8 Å². The molecule has 0 saturated carbocycles. The minimum absolute atomic E-state index is 0.444. The van der Waals surface area contributed by atoms with Crippen molar-refractivity contribution in [2.24, 2.45) is 0 Å². The molecule has 0 unspecified atom stereocenters. The predicted octanol–water partition coefficient (Wildman–Crippen LogP) is 5.67. The largest absolute Gasteiger partial charge is 0.228 e. The highest BCUT2D eigenvalue weighted by Gasteiger charge is 2.12. The molecule has 20 heavy (non-hydrogen) atoms. The van der Waals surface area contributed by atoms with Crippen LogP contribution in [0.4, 0.5) is 0 Å². The maximum Gasteiger partial charge on any atom is 0.163 e. The third-order valence-corrected chi connectivity index (χ3v) is 4.15. The second-order valence-corrected chi connectivity index (χ2v) is 6.11. The van der Waals surface area contributed by atoms with Crippen molar-refractivity contribution in [3.63, 3.8) is 0 Å². The average Bonchev–Trinajstić information content (AvgIpc) is 2.41. The Morgan fingerprint density at radius 2 is 1.85 bits per heavy atom. The molecule has 3 aromatic rings. The van der Waals surface area contributed by atoms with Gasteiger partial charge in [-0.2, -0.15) is 0 Å². The Bertz CT molecular complexity index is 818. The highest BCUT2D eigenvalue weighted by atomic mass is 79.9. The molecule has 1 aromatic heterocycles. The Hall–Kier alpha value is -1.16. The van der Waals surface area contributed by atoms with Crippen LogP contribution in [-0.4, -0.2) is 9.97 Å². The Balaban J connectivity index is 2.30. The van der Waals surface area contributed by atoms with Gasteiger partial charge in [-0.3, -0.25) is 0 Å². The summed E-state index contributed by atoms with van der Waals surface area (Å²) in [5.41, 5.74) is 2.63. The zero-order valence-corrected chi connectivity index (χ0v) is 13.6. The normalized spacial score (nSPS) is 11.0. The van der Waals surface area contributed by atoms with Crippen LogP contribution in [0.2, 0.25) is 10.2 Å². The summed E-state index contributed by atoms with van der Waals surface area (Å²) in [5.74, 6) is 0.527. The van der Waals surface area contributed by atoms with Crippen molar-refractivity contribution in [3.05, 3.63) is 56.6 Å². The first kappa shape index (κ1) is 13.8. The summed E-state index contributed by atoms with van der Waals surface area (Å²) in [5, 5.41) is 1.92. The van der Waals surface area contributed by atoms with Gasteiger partial charge < -0.3 is 0 Å². The summed E-state index contributed by atoms with van der Waals surface area (Å²) in [7, 11) is 0. The zero-order valence-electron chi connectivity index (χ0n) is 10.5. The predicted molar refractivity (Wildman–Crippen MR) is 87.4 cm³/mol. The number of hydrogen-bond acceptors (Lipinski definition) is 2. The highest BCUT2D eigenvalue weighted by Crippen LogP contribution is 2.32. The summed E-state index contributed by atoms with van der Waals surface area (Å²) in [4.78, 5) is 8.95. The molecular formula is C15H9BrCl2N2.